The highest BCUT2D eigenvalue weighted by molar-refractivity contribution is 6.10. The average molecular weight is 252 g/mol. The second kappa shape index (κ2) is 4.24. The molecule has 3 rings (SSSR count). The minimum Gasteiger partial charge on any atom is -0.399 e. The summed E-state index contributed by atoms with van der Waals surface area (Å²) in [4.78, 5) is 23.0. The van der Waals surface area contributed by atoms with Gasteiger partial charge < -0.3 is 5.73 Å². The van der Waals surface area contributed by atoms with Gasteiger partial charge in [-0.25, -0.2) is 0 Å². The first-order chi connectivity index (χ1) is 9.13. The molecule has 1 heterocycles. The Bertz CT molecular complexity index is 675. The van der Waals surface area contributed by atoms with Crippen molar-refractivity contribution in [3.63, 3.8) is 0 Å². The molecule has 0 fully saturated rings. The number of benzene rings is 2. The van der Waals surface area contributed by atoms with Crippen LogP contribution in [-0.4, -0.2) is 11.8 Å². The third-order valence-corrected chi connectivity index (χ3v) is 3.20. The molecule has 2 aromatic carbocycles. The summed E-state index contributed by atoms with van der Waals surface area (Å²) in [5.74, 6) is -0.581. The predicted molar refractivity (Wildman–Crippen MR) is 72.5 cm³/mol. The fourth-order valence-corrected chi connectivity index (χ4v) is 2.23. The van der Waals surface area contributed by atoms with E-state index < -0.39 is 0 Å². The molecule has 1 aliphatic rings. The highest BCUT2D eigenvalue weighted by Crippen LogP contribution is 2.25. The second-order valence-corrected chi connectivity index (χ2v) is 4.55. The quantitative estimate of drug-likeness (QED) is 0.600. The maximum atomic E-state index is 11.6. The summed E-state index contributed by atoms with van der Waals surface area (Å²) < 4.78 is 0. The van der Waals surface area contributed by atoms with Crippen molar-refractivity contribution in [3.05, 3.63) is 53.6 Å². The number of hydrogen-bond donors (Lipinski definition) is 2. The highest BCUT2D eigenvalue weighted by Gasteiger charge is 2.22. The van der Waals surface area contributed by atoms with E-state index in [9.17, 15) is 9.59 Å². The number of fused-ring (bicyclic) bond motifs is 1. The molecule has 4 nitrogen and oxygen atoms in total. The molecule has 0 aromatic heterocycles. The van der Waals surface area contributed by atoms with Crippen LogP contribution >= 0.6 is 0 Å². The van der Waals surface area contributed by atoms with Crippen LogP contribution in [0.1, 0.15) is 15.9 Å². The van der Waals surface area contributed by atoms with Gasteiger partial charge in [0.1, 0.15) is 0 Å². The number of hydrogen-bond acceptors (Lipinski definition) is 3. The van der Waals surface area contributed by atoms with Crippen molar-refractivity contribution in [2.75, 3.05) is 5.73 Å². The predicted octanol–water partition coefficient (Wildman–Crippen LogP) is 1.75. The zero-order valence-electron chi connectivity index (χ0n) is 10.1. The molecule has 1 aliphatic heterocycles. The van der Waals surface area contributed by atoms with E-state index in [1.807, 2.05) is 36.4 Å². The lowest BCUT2D eigenvalue weighted by molar-refractivity contribution is -0.119. The van der Waals surface area contributed by atoms with E-state index in [2.05, 4.69) is 5.32 Å². The van der Waals surface area contributed by atoms with Gasteiger partial charge in [0.05, 0.1) is 6.42 Å². The van der Waals surface area contributed by atoms with E-state index in [4.69, 9.17) is 5.73 Å². The molecular formula is C15H12N2O2. The van der Waals surface area contributed by atoms with Gasteiger partial charge in [0.15, 0.2) is 0 Å². The zero-order valence-corrected chi connectivity index (χ0v) is 10.1. The molecule has 19 heavy (non-hydrogen) atoms. The first-order valence-electron chi connectivity index (χ1n) is 5.96. The topological polar surface area (TPSA) is 72.2 Å². The Balaban J connectivity index is 2.06. The standard InChI is InChI=1S/C15H12N2O2/c16-12-4-1-9(2-5-12)10-3-6-13-11(7-10)8-14(18)17-15(13)19/h1-7H,8,16H2,(H,17,18,19). The summed E-state index contributed by atoms with van der Waals surface area (Å²) in [6.45, 7) is 0. The molecule has 3 N–H and O–H groups in total. The number of nitrogens with two attached hydrogens (primary N) is 1. The van der Waals surface area contributed by atoms with Gasteiger partial charge >= 0.3 is 0 Å². The van der Waals surface area contributed by atoms with Crippen LogP contribution in [-0.2, 0) is 11.2 Å². The third-order valence-electron chi connectivity index (χ3n) is 3.20. The van der Waals surface area contributed by atoms with Crippen molar-refractivity contribution < 1.29 is 9.59 Å². The van der Waals surface area contributed by atoms with Gasteiger partial charge in [-0.2, -0.15) is 0 Å². The molecule has 2 amide bonds. The van der Waals surface area contributed by atoms with E-state index in [0.29, 0.717) is 11.3 Å². The fraction of sp³-hybridized carbons (Fsp3) is 0.0667. The second-order valence-electron chi connectivity index (χ2n) is 4.55. The summed E-state index contributed by atoms with van der Waals surface area (Å²) in [6, 6.07) is 13.0. The molecule has 0 radical (unpaired) electrons. The van der Waals surface area contributed by atoms with E-state index in [1.165, 1.54) is 0 Å². The number of carbonyl (C=O) groups is 2. The maximum absolute atomic E-state index is 11.6. The number of amides is 2. The molecule has 94 valence electrons. The summed E-state index contributed by atoms with van der Waals surface area (Å²) in [5, 5.41) is 2.31. The minimum atomic E-state index is -0.324. The lowest BCUT2D eigenvalue weighted by Gasteiger charge is -2.16. The molecule has 2 aromatic rings. The summed E-state index contributed by atoms with van der Waals surface area (Å²) in [6.07, 6.45) is 0.240. The first-order valence-corrected chi connectivity index (χ1v) is 5.96. The molecule has 0 saturated heterocycles. The third kappa shape index (κ3) is 2.08. The van der Waals surface area contributed by atoms with Gasteiger partial charge in [-0.1, -0.05) is 18.2 Å². The normalized spacial score (nSPS) is 13.9. The lowest BCUT2D eigenvalue weighted by atomic mass is 9.94. The SMILES string of the molecule is Nc1ccc(-c2ccc3c(c2)CC(=O)NC3=O)cc1. The highest BCUT2D eigenvalue weighted by atomic mass is 16.2. The van der Waals surface area contributed by atoms with Crippen LogP contribution in [0.5, 0.6) is 0 Å². The molecule has 0 atom stereocenters. The molecule has 0 saturated carbocycles. The largest absolute Gasteiger partial charge is 0.399 e. The summed E-state index contributed by atoms with van der Waals surface area (Å²) >= 11 is 0. The van der Waals surface area contributed by atoms with Gasteiger partial charge in [0, 0.05) is 11.3 Å². The van der Waals surface area contributed by atoms with E-state index in [0.717, 1.165) is 16.7 Å². The number of rotatable bonds is 1. The van der Waals surface area contributed by atoms with Crippen LogP contribution in [0.25, 0.3) is 11.1 Å². The maximum Gasteiger partial charge on any atom is 0.258 e. The van der Waals surface area contributed by atoms with Crippen LogP contribution in [0.3, 0.4) is 0 Å². The molecular weight excluding hydrogens is 240 g/mol. The Hall–Kier alpha value is -2.62. The molecule has 0 spiro atoms. The van der Waals surface area contributed by atoms with Crippen LogP contribution in [0.2, 0.25) is 0 Å². The first kappa shape index (κ1) is 11.5. The number of imide groups is 1. The number of carbonyl (C=O) groups excluding carboxylic acids is 2. The van der Waals surface area contributed by atoms with E-state index >= 15 is 0 Å². The van der Waals surface area contributed by atoms with Gasteiger partial charge in [0.25, 0.3) is 5.91 Å². The van der Waals surface area contributed by atoms with Gasteiger partial charge in [-0.15, -0.1) is 0 Å². The Labute approximate surface area is 110 Å². The van der Waals surface area contributed by atoms with Crippen LogP contribution in [0.15, 0.2) is 42.5 Å². The number of anilines is 1. The molecule has 0 aliphatic carbocycles. The fourth-order valence-electron chi connectivity index (χ4n) is 2.23. The van der Waals surface area contributed by atoms with Crippen molar-refractivity contribution in [2.45, 2.75) is 6.42 Å². The van der Waals surface area contributed by atoms with Crippen LogP contribution in [0.4, 0.5) is 5.69 Å². The molecule has 4 heteroatoms. The zero-order chi connectivity index (χ0) is 13.4. The lowest BCUT2D eigenvalue weighted by Crippen LogP contribution is -2.37. The van der Waals surface area contributed by atoms with Crippen molar-refractivity contribution >= 4 is 17.5 Å². The van der Waals surface area contributed by atoms with Crippen molar-refractivity contribution in [1.29, 1.82) is 0 Å². The number of nitrogens with one attached hydrogen (secondary N) is 1. The molecule has 0 bridgehead atoms. The monoisotopic (exact) mass is 252 g/mol. The van der Waals surface area contributed by atoms with E-state index in [1.54, 1.807) is 6.07 Å². The summed E-state index contributed by atoms with van der Waals surface area (Å²) in [5.41, 5.74) is 9.68. The Morgan fingerprint density at radius 3 is 2.37 bits per heavy atom. The number of nitrogen functional groups attached to an aromatic ring is 1. The van der Waals surface area contributed by atoms with Crippen molar-refractivity contribution in [1.82, 2.24) is 5.32 Å². The van der Waals surface area contributed by atoms with Gasteiger partial charge in [-0.05, 0) is 41.0 Å². The van der Waals surface area contributed by atoms with Crippen molar-refractivity contribution in [2.24, 2.45) is 0 Å². The Kier molecular flexibility index (Phi) is 2.56. The van der Waals surface area contributed by atoms with Gasteiger partial charge in [0.2, 0.25) is 5.91 Å². The van der Waals surface area contributed by atoms with E-state index in [-0.39, 0.29) is 18.2 Å². The smallest absolute Gasteiger partial charge is 0.258 e. The Morgan fingerprint density at radius 1 is 0.947 bits per heavy atom. The van der Waals surface area contributed by atoms with Crippen molar-refractivity contribution in [3.8, 4) is 11.1 Å². The van der Waals surface area contributed by atoms with Crippen LogP contribution in [0, 0.1) is 0 Å². The molecule has 0 unspecified atom stereocenters. The average Bonchev–Trinajstić information content (AvgIpc) is 2.38. The van der Waals surface area contributed by atoms with Gasteiger partial charge in [-0.3, -0.25) is 14.9 Å². The summed E-state index contributed by atoms with van der Waals surface area (Å²) in [7, 11) is 0. The Morgan fingerprint density at radius 2 is 1.63 bits per heavy atom. The minimum absolute atomic E-state index is 0.240. The van der Waals surface area contributed by atoms with Crippen LogP contribution < -0.4 is 11.1 Å².